The van der Waals surface area contributed by atoms with Crippen LogP contribution in [0.4, 0.5) is 11.9 Å². The average Bonchev–Trinajstić information content (AvgIpc) is 3.19. The molecule has 1 unspecified atom stereocenters. The molecule has 1 aliphatic rings. The highest BCUT2D eigenvalue weighted by Gasteiger charge is 2.19. The second-order valence-electron chi connectivity index (χ2n) is 6.43. The van der Waals surface area contributed by atoms with E-state index in [1.807, 2.05) is 25.9 Å². The third kappa shape index (κ3) is 4.14. The monoisotopic (exact) mass is 348 g/mol. The number of nitrogens with zero attached hydrogens (tertiary/aromatic N) is 6. The largest absolute Gasteiger partial charge is 0.368 e. The van der Waals surface area contributed by atoms with E-state index in [0.29, 0.717) is 11.8 Å². The Hall–Kier alpha value is -1.90. The molecule has 130 valence electrons. The molecule has 2 heterocycles. The Morgan fingerprint density at radius 2 is 1.96 bits per heavy atom. The molecule has 1 fully saturated rings. The molecule has 0 aliphatic heterocycles. The van der Waals surface area contributed by atoms with Crippen LogP contribution in [0.5, 0.6) is 0 Å². The van der Waals surface area contributed by atoms with Gasteiger partial charge in [-0.05, 0) is 12.8 Å². The highest BCUT2D eigenvalue weighted by atomic mass is 32.2. The van der Waals surface area contributed by atoms with Gasteiger partial charge in [-0.1, -0.05) is 37.4 Å². The van der Waals surface area contributed by atoms with Gasteiger partial charge in [-0.2, -0.15) is 15.0 Å². The van der Waals surface area contributed by atoms with Crippen LogP contribution in [-0.2, 0) is 6.42 Å². The van der Waals surface area contributed by atoms with Gasteiger partial charge in [-0.25, -0.2) is 4.98 Å². The lowest BCUT2D eigenvalue weighted by Gasteiger charge is -2.13. The first-order valence-corrected chi connectivity index (χ1v) is 9.16. The van der Waals surface area contributed by atoms with Crippen molar-refractivity contribution in [1.82, 2.24) is 30.1 Å². The minimum Gasteiger partial charge on any atom is -0.368 e. The first kappa shape index (κ1) is 16.9. The van der Waals surface area contributed by atoms with Crippen LogP contribution in [0.2, 0.25) is 0 Å². The van der Waals surface area contributed by atoms with E-state index >= 15 is 0 Å². The zero-order valence-electron chi connectivity index (χ0n) is 14.4. The molecule has 3 N–H and O–H groups in total. The number of hydrogen-bond acceptors (Lipinski definition) is 8. The van der Waals surface area contributed by atoms with Crippen LogP contribution < -0.4 is 10.6 Å². The second-order valence-corrected chi connectivity index (χ2v) is 7.73. The fourth-order valence-corrected chi connectivity index (χ4v) is 3.69. The molecule has 0 radical (unpaired) electrons. The Bertz CT molecular complexity index is 680. The van der Waals surface area contributed by atoms with Crippen molar-refractivity contribution in [2.45, 2.75) is 49.4 Å². The van der Waals surface area contributed by atoms with Crippen molar-refractivity contribution in [2.24, 2.45) is 5.92 Å². The van der Waals surface area contributed by atoms with Gasteiger partial charge in [0.05, 0.1) is 5.25 Å². The molecule has 0 amide bonds. The molecule has 1 saturated carbocycles. The normalized spacial score (nSPS) is 16.5. The van der Waals surface area contributed by atoms with Crippen LogP contribution in [0.15, 0.2) is 5.16 Å². The molecular formula is C15H24N8S. The third-order valence-electron chi connectivity index (χ3n) is 4.17. The number of nitrogens with one attached hydrogen (secondary N) is 1. The van der Waals surface area contributed by atoms with E-state index < -0.39 is 0 Å². The van der Waals surface area contributed by atoms with Gasteiger partial charge >= 0.3 is 0 Å². The first-order valence-electron chi connectivity index (χ1n) is 8.28. The van der Waals surface area contributed by atoms with Gasteiger partial charge in [0.2, 0.25) is 17.1 Å². The summed E-state index contributed by atoms with van der Waals surface area (Å²) in [5.74, 6) is 3.15. The van der Waals surface area contributed by atoms with Gasteiger partial charge in [-0.3, -0.25) is 5.10 Å². The predicted molar refractivity (Wildman–Crippen MR) is 94.9 cm³/mol. The highest BCUT2D eigenvalue weighted by molar-refractivity contribution is 7.99. The molecule has 2 aromatic heterocycles. The Morgan fingerprint density at radius 1 is 1.21 bits per heavy atom. The van der Waals surface area contributed by atoms with Crippen LogP contribution in [0.1, 0.15) is 49.5 Å². The van der Waals surface area contributed by atoms with Crippen molar-refractivity contribution >= 4 is 23.7 Å². The summed E-state index contributed by atoms with van der Waals surface area (Å²) in [6, 6.07) is 0. The topological polar surface area (TPSA) is 110 Å². The maximum absolute atomic E-state index is 5.79. The van der Waals surface area contributed by atoms with Crippen LogP contribution in [0.25, 0.3) is 0 Å². The lowest BCUT2D eigenvalue weighted by Crippen LogP contribution is -2.16. The summed E-state index contributed by atoms with van der Waals surface area (Å²) >= 11 is 1.52. The van der Waals surface area contributed by atoms with E-state index in [4.69, 9.17) is 5.73 Å². The molecule has 2 aromatic rings. The summed E-state index contributed by atoms with van der Waals surface area (Å²) < 4.78 is 0. The number of thioether (sulfide) groups is 1. The van der Waals surface area contributed by atoms with Gasteiger partial charge in [0.25, 0.3) is 0 Å². The highest BCUT2D eigenvalue weighted by Crippen LogP contribution is 2.32. The zero-order valence-corrected chi connectivity index (χ0v) is 15.2. The number of nitrogens with two attached hydrogens (primary N) is 1. The molecule has 0 aromatic carbocycles. The summed E-state index contributed by atoms with van der Waals surface area (Å²) in [4.78, 5) is 19.2. The lowest BCUT2D eigenvalue weighted by molar-refractivity contribution is 0.531. The minimum absolute atomic E-state index is 0.0101. The Labute approximate surface area is 146 Å². The SMILES string of the molecule is CC(Sc1n[nH]c(CC2CCCC2)n1)c1nc(N)nc(N(C)C)n1. The molecule has 9 heteroatoms. The molecule has 0 bridgehead atoms. The molecule has 0 spiro atoms. The van der Waals surface area contributed by atoms with Gasteiger partial charge in [0.1, 0.15) is 11.6 Å². The van der Waals surface area contributed by atoms with Crippen molar-refractivity contribution < 1.29 is 0 Å². The van der Waals surface area contributed by atoms with Crippen molar-refractivity contribution in [3.63, 3.8) is 0 Å². The van der Waals surface area contributed by atoms with E-state index in [2.05, 4.69) is 30.1 Å². The van der Waals surface area contributed by atoms with Gasteiger partial charge in [0, 0.05) is 20.5 Å². The molecule has 3 rings (SSSR count). The standard InChI is InChI=1S/C15H24N8S/c1-9(12-18-13(16)20-14(19-12)23(2)3)24-15-17-11(21-22-15)8-10-6-4-5-7-10/h9-10H,4-8H2,1-3H3,(H,17,21,22)(H2,16,18,19,20). The Kier molecular flexibility index (Phi) is 5.17. The number of aromatic amines is 1. The third-order valence-corrected chi connectivity index (χ3v) is 5.13. The number of hydrogen-bond donors (Lipinski definition) is 2. The smallest absolute Gasteiger partial charge is 0.229 e. The minimum atomic E-state index is -0.0101. The van der Waals surface area contributed by atoms with Crippen LogP contribution in [-0.4, -0.2) is 44.2 Å². The Balaban J connectivity index is 1.66. The van der Waals surface area contributed by atoms with E-state index in [1.54, 1.807) is 0 Å². The predicted octanol–water partition coefficient (Wildman–Crippen LogP) is 2.22. The summed E-state index contributed by atoms with van der Waals surface area (Å²) in [5, 5.41) is 8.09. The maximum atomic E-state index is 5.79. The summed E-state index contributed by atoms with van der Waals surface area (Å²) in [5.41, 5.74) is 5.79. The van der Waals surface area contributed by atoms with Gasteiger partial charge in [0.15, 0.2) is 0 Å². The van der Waals surface area contributed by atoms with Crippen molar-refractivity contribution in [1.29, 1.82) is 0 Å². The number of anilines is 2. The molecular weight excluding hydrogens is 324 g/mol. The molecule has 8 nitrogen and oxygen atoms in total. The van der Waals surface area contributed by atoms with Crippen molar-refractivity contribution in [3.8, 4) is 0 Å². The fourth-order valence-electron chi connectivity index (χ4n) is 2.90. The average molecular weight is 348 g/mol. The molecule has 1 atom stereocenters. The number of rotatable bonds is 6. The quantitative estimate of drug-likeness (QED) is 0.765. The van der Waals surface area contributed by atoms with Gasteiger partial charge in [-0.15, -0.1) is 5.10 Å². The van der Waals surface area contributed by atoms with E-state index in [0.717, 1.165) is 23.3 Å². The number of aromatic nitrogens is 6. The summed E-state index contributed by atoms with van der Waals surface area (Å²) in [7, 11) is 3.75. The maximum Gasteiger partial charge on any atom is 0.229 e. The molecule has 24 heavy (non-hydrogen) atoms. The molecule has 0 saturated heterocycles. The zero-order chi connectivity index (χ0) is 17.1. The lowest BCUT2D eigenvalue weighted by atomic mass is 10.0. The molecule has 1 aliphatic carbocycles. The number of nitrogen functional groups attached to an aromatic ring is 1. The van der Waals surface area contributed by atoms with E-state index in [-0.39, 0.29) is 11.2 Å². The summed E-state index contributed by atoms with van der Waals surface area (Å²) in [6.45, 7) is 2.02. The van der Waals surface area contributed by atoms with Crippen molar-refractivity contribution in [3.05, 3.63) is 11.6 Å². The van der Waals surface area contributed by atoms with E-state index in [1.165, 1.54) is 37.4 Å². The fraction of sp³-hybridized carbons (Fsp3) is 0.667. The van der Waals surface area contributed by atoms with E-state index in [9.17, 15) is 0 Å². The first-order chi connectivity index (χ1) is 11.5. The van der Waals surface area contributed by atoms with Crippen LogP contribution in [0.3, 0.4) is 0 Å². The Morgan fingerprint density at radius 3 is 2.67 bits per heavy atom. The second kappa shape index (κ2) is 7.33. The van der Waals surface area contributed by atoms with Crippen molar-refractivity contribution in [2.75, 3.05) is 24.7 Å². The summed E-state index contributed by atoms with van der Waals surface area (Å²) in [6.07, 6.45) is 6.28. The number of H-pyrrole nitrogens is 1. The van der Waals surface area contributed by atoms with Crippen LogP contribution >= 0.6 is 11.8 Å². The van der Waals surface area contributed by atoms with Crippen LogP contribution in [0, 0.1) is 5.92 Å². The van der Waals surface area contributed by atoms with Gasteiger partial charge < -0.3 is 10.6 Å².